The number of quaternary nitrogens is 2. The number of aromatic nitrogens is 4. The first-order chi connectivity index (χ1) is 10.3. The van der Waals surface area contributed by atoms with E-state index in [4.69, 9.17) is 0 Å². The van der Waals surface area contributed by atoms with Gasteiger partial charge in [-0.2, -0.15) is 0 Å². The first kappa shape index (κ1) is 14.9. The van der Waals surface area contributed by atoms with Crippen LogP contribution in [0.1, 0.15) is 63.9 Å². The molecule has 0 aromatic carbocycles. The van der Waals surface area contributed by atoms with Gasteiger partial charge in [0.15, 0.2) is 0 Å². The number of piperazine rings is 1. The van der Waals surface area contributed by atoms with Crippen molar-refractivity contribution >= 4 is 0 Å². The summed E-state index contributed by atoms with van der Waals surface area (Å²) in [6.07, 6.45) is 6.28. The summed E-state index contributed by atoms with van der Waals surface area (Å²) in [5.74, 6) is 1.14. The van der Waals surface area contributed by atoms with Crippen molar-refractivity contribution in [1.82, 2.24) is 20.2 Å². The summed E-state index contributed by atoms with van der Waals surface area (Å²) in [5.41, 5.74) is 0. The molecule has 2 heterocycles. The van der Waals surface area contributed by atoms with Gasteiger partial charge in [0.25, 0.3) is 0 Å². The zero-order valence-corrected chi connectivity index (χ0v) is 13.5. The maximum absolute atomic E-state index is 4.42. The van der Waals surface area contributed by atoms with Crippen molar-refractivity contribution in [3.63, 3.8) is 0 Å². The van der Waals surface area contributed by atoms with Crippen LogP contribution in [0.3, 0.4) is 0 Å². The highest BCUT2D eigenvalue weighted by Crippen LogP contribution is 2.30. The van der Waals surface area contributed by atoms with Crippen LogP contribution in [0.15, 0.2) is 0 Å². The van der Waals surface area contributed by atoms with E-state index in [2.05, 4.69) is 34.1 Å². The second-order valence-corrected chi connectivity index (χ2v) is 6.64. The van der Waals surface area contributed by atoms with Gasteiger partial charge in [0.1, 0.15) is 32.2 Å². The standard InChI is InChI=1S/C15H28N6/c1-3-14(20-11-9-19(4-2)10-12-20)15-16-17-18-21(15)13-7-5-6-8-13/h13-14H,3-12H2,1-2H3/p+2/t14-/m0/s1. The van der Waals surface area contributed by atoms with Gasteiger partial charge in [-0.05, 0) is 30.2 Å². The maximum Gasteiger partial charge on any atom is 0.209 e. The van der Waals surface area contributed by atoms with E-state index in [0.717, 1.165) is 12.2 Å². The molecule has 1 aromatic rings. The lowest BCUT2D eigenvalue weighted by Gasteiger charge is -2.33. The lowest BCUT2D eigenvalue weighted by molar-refractivity contribution is -1.03. The normalized spacial score (nSPS) is 28.9. The molecule has 21 heavy (non-hydrogen) atoms. The molecule has 1 aliphatic heterocycles. The van der Waals surface area contributed by atoms with Crippen LogP contribution >= 0.6 is 0 Å². The molecule has 118 valence electrons. The van der Waals surface area contributed by atoms with Crippen LogP contribution in [0.4, 0.5) is 0 Å². The van der Waals surface area contributed by atoms with E-state index in [1.54, 1.807) is 9.80 Å². The Balaban J connectivity index is 1.73. The first-order valence-corrected chi connectivity index (χ1v) is 8.79. The largest absolute Gasteiger partial charge is 0.326 e. The van der Waals surface area contributed by atoms with Gasteiger partial charge in [-0.1, -0.05) is 19.8 Å². The molecule has 2 aliphatic rings. The average molecular weight is 294 g/mol. The molecule has 1 saturated carbocycles. The van der Waals surface area contributed by atoms with Gasteiger partial charge in [-0.25, -0.2) is 4.68 Å². The van der Waals surface area contributed by atoms with Crippen molar-refractivity contribution < 1.29 is 9.80 Å². The van der Waals surface area contributed by atoms with Crippen molar-refractivity contribution in [3.8, 4) is 0 Å². The van der Waals surface area contributed by atoms with E-state index < -0.39 is 0 Å². The fourth-order valence-corrected chi connectivity index (χ4v) is 4.12. The number of nitrogens with one attached hydrogen (secondary N) is 2. The molecule has 2 N–H and O–H groups in total. The predicted molar refractivity (Wildman–Crippen MR) is 80.3 cm³/mol. The van der Waals surface area contributed by atoms with E-state index in [9.17, 15) is 0 Å². The maximum atomic E-state index is 4.42. The number of hydrogen-bond donors (Lipinski definition) is 2. The molecule has 3 rings (SSSR count). The second kappa shape index (κ2) is 6.83. The molecule has 0 amide bonds. The number of likely N-dealkylation sites (N-methyl/N-ethyl adjacent to an activating group) is 1. The van der Waals surface area contributed by atoms with Gasteiger partial charge in [0.2, 0.25) is 5.82 Å². The van der Waals surface area contributed by atoms with Crippen molar-refractivity contribution in [3.05, 3.63) is 5.82 Å². The third kappa shape index (κ3) is 3.11. The topological polar surface area (TPSA) is 52.5 Å². The number of rotatable bonds is 5. The van der Waals surface area contributed by atoms with E-state index >= 15 is 0 Å². The lowest BCUT2D eigenvalue weighted by atomic mass is 10.1. The Morgan fingerprint density at radius 3 is 2.48 bits per heavy atom. The monoisotopic (exact) mass is 294 g/mol. The molecule has 1 aromatic heterocycles. The van der Waals surface area contributed by atoms with E-state index in [0.29, 0.717) is 12.1 Å². The zero-order valence-electron chi connectivity index (χ0n) is 13.5. The Morgan fingerprint density at radius 1 is 1.14 bits per heavy atom. The van der Waals surface area contributed by atoms with Crippen LogP contribution in [-0.2, 0) is 0 Å². The molecule has 1 saturated heterocycles. The average Bonchev–Trinajstić information content (AvgIpc) is 3.19. The Labute approximate surface area is 127 Å². The fourth-order valence-electron chi connectivity index (χ4n) is 4.12. The number of nitrogens with zero attached hydrogens (tertiary/aromatic N) is 4. The molecule has 0 unspecified atom stereocenters. The van der Waals surface area contributed by atoms with Crippen LogP contribution < -0.4 is 9.80 Å². The molecule has 6 nitrogen and oxygen atoms in total. The molecule has 0 radical (unpaired) electrons. The van der Waals surface area contributed by atoms with E-state index in [1.165, 1.54) is 58.4 Å². The second-order valence-electron chi connectivity index (χ2n) is 6.64. The van der Waals surface area contributed by atoms with E-state index in [-0.39, 0.29) is 0 Å². The summed E-state index contributed by atoms with van der Waals surface area (Å²) >= 11 is 0. The minimum atomic E-state index is 0.471. The summed E-state index contributed by atoms with van der Waals surface area (Å²) in [4.78, 5) is 3.42. The van der Waals surface area contributed by atoms with Gasteiger partial charge < -0.3 is 9.80 Å². The zero-order chi connectivity index (χ0) is 14.7. The Bertz CT molecular complexity index is 431. The highest BCUT2D eigenvalue weighted by Gasteiger charge is 2.34. The molecule has 6 heteroatoms. The first-order valence-electron chi connectivity index (χ1n) is 8.79. The summed E-state index contributed by atoms with van der Waals surface area (Å²) < 4.78 is 2.16. The summed E-state index contributed by atoms with van der Waals surface area (Å²) in [5, 5.41) is 12.8. The summed E-state index contributed by atoms with van der Waals surface area (Å²) in [7, 11) is 0. The van der Waals surface area contributed by atoms with Gasteiger partial charge in [0, 0.05) is 6.42 Å². The van der Waals surface area contributed by atoms with Crippen molar-refractivity contribution in [2.24, 2.45) is 0 Å². The highest BCUT2D eigenvalue weighted by molar-refractivity contribution is 4.91. The number of hydrogen-bond acceptors (Lipinski definition) is 3. The molecule has 1 atom stereocenters. The third-order valence-corrected chi connectivity index (χ3v) is 5.50. The minimum absolute atomic E-state index is 0.471. The smallest absolute Gasteiger partial charge is 0.209 e. The van der Waals surface area contributed by atoms with Gasteiger partial charge in [-0.15, -0.1) is 5.10 Å². The Hall–Kier alpha value is -1.01. The highest BCUT2D eigenvalue weighted by atomic mass is 15.6. The van der Waals surface area contributed by atoms with Crippen LogP contribution in [0.2, 0.25) is 0 Å². The predicted octanol–water partition coefficient (Wildman–Crippen LogP) is -0.957. The molecule has 2 fully saturated rings. The number of tetrazole rings is 1. The minimum Gasteiger partial charge on any atom is -0.326 e. The summed E-state index contributed by atoms with van der Waals surface area (Å²) in [6, 6.07) is 1.02. The third-order valence-electron chi connectivity index (χ3n) is 5.50. The van der Waals surface area contributed by atoms with Gasteiger partial charge in [-0.3, -0.25) is 0 Å². The molecular weight excluding hydrogens is 264 g/mol. The van der Waals surface area contributed by atoms with Crippen LogP contribution in [-0.4, -0.2) is 52.9 Å². The van der Waals surface area contributed by atoms with Crippen molar-refractivity contribution in [2.45, 2.75) is 58.0 Å². The Kier molecular flexibility index (Phi) is 4.85. The van der Waals surface area contributed by atoms with Crippen molar-refractivity contribution in [1.29, 1.82) is 0 Å². The summed E-state index contributed by atoms with van der Waals surface area (Å²) in [6.45, 7) is 10.9. The van der Waals surface area contributed by atoms with Crippen molar-refractivity contribution in [2.75, 3.05) is 32.7 Å². The SMILES string of the molecule is CC[C@@H](c1nnnn1C1CCCC1)[NH+]1CC[NH+](CC)CC1. The molecular formula is C15H30N6+2. The fraction of sp³-hybridized carbons (Fsp3) is 0.933. The lowest BCUT2D eigenvalue weighted by Crippen LogP contribution is -3.28. The quantitative estimate of drug-likeness (QED) is 0.736. The van der Waals surface area contributed by atoms with Crippen LogP contribution in [0.5, 0.6) is 0 Å². The molecule has 1 aliphatic carbocycles. The molecule has 0 spiro atoms. The Morgan fingerprint density at radius 2 is 1.86 bits per heavy atom. The van der Waals surface area contributed by atoms with Gasteiger partial charge >= 0.3 is 0 Å². The van der Waals surface area contributed by atoms with Gasteiger partial charge in [0.05, 0.1) is 12.6 Å². The van der Waals surface area contributed by atoms with Crippen LogP contribution in [0.25, 0.3) is 0 Å². The molecule has 0 bridgehead atoms. The van der Waals surface area contributed by atoms with Crippen LogP contribution in [0, 0.1) is 0 Å². The van der Waals surface area contributed by atoms with E-state index in [1.807, 2.05) is 0 Å².